The summed E-state index contributed by atoms with van der Waals surface area (Å²) in [5.74, 6) is 0.229. The zero-order valence-corrected chi connectivity index (χ0v) is 9.92. The fourth-order valence-electron chi connectivity index (χ4n) is 1.98. The molecule has 0 aliphatic heterocycles. The van der Waals surface area contributed by atoms with Crippen LogP contribution in [0.1, 0.15) is 0 Å². The van der Waals surface area contributed by atoms with Crippen LogP contribution >= 0.6 is 0 Å². The molecular weight excluding hydrogens is 242 g/mol. The summed E-state index contributed by atoms with van der Waals surface area (Å²) in [6.45, 7) is 0. The van der Waals surface area contributed by atoms with E-state index in [9.17, 15) is 4.79 Å². The highest BCUT2D eigenvalue weighted by atomic mass is 16.4. The first-order valence-corrected chi connectivity index (χ1v) is 5.77. The second kappa shape index (κ2) is 4.45. The first-order chi connectivity index (χ1) is 9.22. The Hall–Kier alpha value is -2.82. The van der Waals surface area contributed by atoms with Crippen molar-refractivity contribution >= 4 is 23.1 Å². The topological polar surface area (TPSA) is 78.0 Å². The number of amides is 1. The van der Waals surface area contributed by atoms with Gasteiger partial charge in [0.15, 0.2) is 0 Å². The Bertz CT molecular complexity index is 735. The van der Waals surface area contributed by atoms with Crippen molar-refractivity contribution in [2.75, 3.05) is 5.32 Å². The van der Waals surface area contributed by atoms with Crippen LogP contribution in [0.15, 0.2) is 48.5 Å². The number of imidazole rings is 1. The van der Waals surface area contributed by atoms with Gasteiger partial charge in [0.05, 0.1) is 11.0 Å². The third-order valence-corrected chi connectivity index (χ3v) is 2.81. The Morgan fingerprint density at radius 1 is 1.11 bits per heavy atom. The Labute approximate surface area is 108 Å². The number of benzene rings is 2. The van der Waals surface area contributed by atoms with E-state index in [1.165, 1.54) is 0 Å². The summed E-state index contributed by atoms with van der Waals surface area (Å²) < 4.78 is 0. The molecule has 0 saturated carbocycles. The molecule has 1 aromatic heterocycles. The van der Waals surface area contributed by atoms with Crippen molar-refractivity contribution in [3.05, 3.63) is 48.5 Å². The molecule has 0 aliphatic carbocycles. The fraction of sp³-hybridized carbons (Fsp3) is 0. The minimum absolute atomic E-state index is 0.229. The number of hydrogen-bond acceptors (Lipinski definition) is 2. The molecule has 2 aromatic carbocycles. The SMILES string of the molecule is O=C(O)Nc1nc2ccc(-c3ccccc3)cc2[nH]1. The quantitative estimate of drug-likeness (QED) is 0.655. The van der Waals surface area contributed by atoms with Gasteiger partial charge in [0.1, 0.15) is 0 Å². The normalized spacial score (nSPS) is 10.5. The molecule has 0 unspecified atom stereocenters. The van der Waals surface area contributed by atoms with E-state index in [2.05, 4.69) is 15.3 Å². The van der Waals surface area contributed by atoms with Gasteiger partial charge < -0.3 is 10.1 Å². The molecule has 1 amide bonds. The van der Waals surface area contributed by atoms with Crippen molar-refractivity contribution in [3.8, 4) is 11.1 Å². The Kier molecular flexibility index (Phi) is 2.64. The molecule has 3 rings (SSSR count). The first kappa shape index (κ1) is 11.3. The number of aromatic amines is 1. The smallest absolute Gasteiger partial charge is 0.411 e. The lowest BCUT2D eigenvalue weighted by Gasteiger charge is -2.00. The maximum absolute atomic E-state index is 10.6. The zero-order valence-electron chi connectivity index (χ0n) is 9.92. The summed E-state index contributed by atoms with van der Waals surface area (Å²) >= 11 is 0. The van der Waals surface area contributed by atoms with Crippen LogP contribution in [-0.4, -0.2) is 21.2 Å². The van der Waals surface area contributed by atoms with E-state index >= 15 is 0 Å². The molecule has 3 aromatic rings. The van der Waals surface area contributed by atoms with E-state index < -0.39 is 6.09 Å². The van der Waals surface area contributed by atoms with Crippen LogP contribution < -0.4 is 5.32 Å². The Balaban J connectivity index is 2.03. The number of H-pyrrole nitrogens is 1. The van der Waals surface area contributed by atoms with Crippen molar-refractivity contribution in [3.63, 3.8) is 0 Å². The highest BCUT2D eigenvalue weighted by Gasteiger charge is 2.06. The lowest BCUT2D eigenvalue weighted by molar-refractivity contribution is 0.209. The van der Waals surface area contributed by atoms with E-state index in [1.54, 1.807) is 0 Å². The van der Waals surface area contributed by atoms with Crippen LogP contribution in [0, 0.1) is 0 Å². The third kappa shape index (κ3) is 2.26. The molecule has 1 heterocycles. The van der Waals surface area contributed by atoms with E-state index in [0.29, 0.717) is 0 Å². The second-order valence-electron chi connectivity index (χ2n) is 4.11. The average molecular weight is 253 g/mol. The number of carbonyl (C=O) groups is 1. The van der Waals surface area contributed by atoms with Crippen LogP contribution in [0.25, 0.3) is 22.2 Å². The Morgan fingerprint density at radius 3 is 2.63 bits per heavy atom. The highest BCUT2D eigenvalue weighted by molar-refractivity contribution is 5.87. The lowest BCUT2D eigenvalue weighted by atomic mass is 10.1. The van der Waals surface area contributed by atoms with E-state index in [0.717, 1.165) is 22.2 Å². The molecule has 5 nitrogen and oxygen atoms in total. The van der Waals surface area contributed by atoms with Crippen LogP contribution in [0.5, 0.6) is 0 Å². The molecule has 19 heavy (non-hydrogen) atoms. The van der Waals surface area contributed by atoms with Gasteiger partial charge in [-0.15, -0.1) is 0 Å². The van der Waals surface area contributed by atoms with Crippen LogP contribution in [0.4, 0.5) is 10.7 Å². The molecule has 0 atom stereocenters. The van der Waals surface area contributed by atoms with Crippen LogP contribution in [0.3, 0.4) is 0 Å². The molecular formula is C14H11N3O2. The van der Waals surface area contributed by atoms with Gasteiger partial charge in [0.2, 0.25) is 5.95 Å². The number of rotatable bonds is 2. The zero-order chi connectivity index (χ0) is 13.2. The highest BCUT2D eigenvalue weighted by Crippen LogP contribution is 2.23. The van der Waals surface area contributed by atoms with Crippen molar-refractivity contribution in [1.29, 1.82) is 0 Å². The summed E-state index contributed by atoms with van der Waals surface area (Å²) in [7, 11) is 0. The maximum atomic E-state index is 10.6. The standard InChI is InChI=1S/C14H11N3O2/c18-14(19)17-13-15-11-7-6-10(8-12(11)16-13)9-4-2-1-3-5-9/h1-8H,(H,18,19)(H2,15,16,17). The van der Waals surface area contributed by atoms with Gasteiger partial charge >= 0.3 is 6.09 Å². The van der Waals surface area contributed by atoms with Gasteiger partial charge in [0.25, 0.3) is 0 Å². The van der Waals surface area contributed by atoms with Gasteiger partial charge in [-0.1, -0.05) is 36.4 Å². The van der Waals surface area contributed by atoms with E-state index in [4.69, 9.17) is 5.11 Å². The van der Waals surface area contributed by atoms with Crippen molar-refractivity contribution in [2.24, 2.45) is 0 Å². The van der Waals surface area contributed by atoms with Crippen LogP contribution in [-0.2, 0) is 0 Å². The van der Waals surface area contributed by atoms with E-state index in [1.807, 2.05) is 48.5 Å². The molecule has 0 spiro atoms. The fourth-order valence-corrected chi connectivity index (χ4v) is 1.98. The monoisotopic (exact) mass is 253 g/mol. The summed E-state index contributed by atoms with van der Waals surface area (Å²) in [5, 5.41) is 10.9. The van der Waals surface area contributed by atoms with Gasteiger partial charge in [-0.05, 0) is 23.3 Å². The third-order valence-electron chi connectivity index (χ3n) is 2.81. The minimum atomic E-state index is -1.14. The molecule has 5 heteroatoms. The summed E-state index contributed by atoms with van der Waals surface area (Å²) in [4.78, 5) is 17.6. The van der Waals surface area contributed by atoms with Gasteiger partial charge in [0, 0.05) is 0 Å². The van der Waals surface area contributed by atoms with Crippen molar-refractivity contribution < 1.29 is 9.90 Å². The summed E-state index contributed by atoms with van der Waals surface area (Å²) in [6, 6.07) is 15.7. The molecule has 0 radical (unpaired) electrons. The van der Waals surface area contributed by atoms with Crippen molar-refractivity contribution in [1.82, 2.24) is 9.97 Å². The number of aromatic nitrogens is 2. The lowest BCUT2D eigenvalue weighted by Crippen LogP contribution is -2.08. The van der Waals surface area contributed by atoms with Gasteiger partial charge in [-0.25, -0.2) is 9.78 Å². The predicted molar refractivity (Wildman–Crippen MR) is 73.2 cm³/mol. The number of nitrogens with one attached hydrogen (secondary N) is 2. The Morgan fingerprint density at radius 2 is 1.89 bits per heavy atom. The average Bonchev–Trinajstić information content (AvgIpc) is 2.79. The number of hydrogen-bond donors (Lipinski definition) is 3. The predicted octanol–water partition coefficient (Wildman–Crippen LogP) is 3.32. The van der Waals surface area contributed by atoms with Crippen LogP contribution in [0.2, 0.25) is 0 Å². The second-order valence-corrected chi connectivity index (χ2v) is 4.11. The van der Waals surface area contributed by atoms with Gasteiger partial charge in [-0.3, -0.25) is 5.32 Å². The molecule has 0 aliphatic rings. The first-order valence-electron chi connectivity index (χ1n) is 5.77. The largest absolute Gasteiger partial charge is 0.465 e. The van der Waals surface area contributed by atoms with E-state index in [-0.39, 0.29) is 5.95 Å². The van der Waals surface area contributed by atoms with Gasteiger partial charge in [-0.2, -0.15) is 0 Å². The summed E-state index contributed by atoms with van der Waals surface area (Å²) in [5.41, 5.74) is 3.68. The van der Waals surface area contributed by atoms with Crippen molar-refractivity contribution in [2.45, 2.75) is 0 Å². The number of nitrogens with zero attached hydrogens (tertiary/aromatic N) is 1. The number of anilines is 1. The summed E-state index contributed by atoms with van der Waals surface area (Å²) in [6.07, 6.45) is -1.14. The molecule has 94 valence electrons. The molecule has 0 bridgehead atoms. The molecule has 3 N–H and O–H groups in total. The minimum Gasteiger partial charge on any atom is -0.465 e. The molecule has 0 saturated heterocycles. The number of carboxylic acid groups (broad SMARTS) is 1. The maximum Gasteiger partial charge on any atom is 0.411 e. The number of fused-ring (bicyclic) bond motifs is 1. The molecule has 0 fully saturated rings.